The van der Waals surface area contributed by atoms with Crippen molar-refractivity contribution in [2.45, 2.75) is 42.9 Å². The standard InChI is InChI=1S/C20H23N3O4S/c1-6-27-14-11-15(24)23-18(21-14)16(17(22-23)20(2,3)4)28-13-9-7-12(8-10-13)19(25)26-5/h7-11,22H,6H2,1-5H3. The number of ether oxygens (including phenoxy) is 2. The third-order valence-corrected chi connectivity index (χ3v) is 5.19. The van der Waals surface area contributed by atoms with E-state index in [2.05, 4.69) is 30.9 Å². The van der Waals surface area contributed by atoms with Crippen LogP contribution in [0.1, 0.15) is 43.7 Å². The molecule has 0 aliphatic heterocycles. The molecule has 0 saturated carbocycles. The van der Waals surface area contributed by atoms with Gasteiger partial charge in [0.25, 0.3) is 5.56 Å². The van der Waals surface area contributed by atoms with Gasteiger partial charge in [0, 0.05) is 10.3 Å². The zero-order valence-electron chi connectivity index (χ0n) is 16.5. The molecule has 3 rings (SSSR count). The molecule has 2 aromatic heterocycles. The summed E-state index contributed by atoms with van der Waals surface area (Å²) in [7, 11) is 1.35. The molecule has 3 aromatic rings. The fourth-order valence-corrected chi connectivity index (χ4v) is 3.91. The monoisotopic (exact) mass is 401 g/mol. The van der Waals surface area contributed by atoms with Crippen LogP contribution in [0, 0.1) is 0 Å². The maximum Gasteiger partial charge on any atom is 0.337 e. The molecule has 0 bridgehead atoms. The molecule has 2 heterocycles. The van der Waals surface area contributed by atoms with Crippen LogP contribution in [0.3, 0.4) is 0 Å². The zero-order valence-corrected chi connectivity index (χ0v) is 17.3. The van der Waals surface area contributed by atoms with Gasteiger partial charge >= 0.3 is 5.97 Å². The highest BCUT2D eigenvalue weighted by atomic mass is 32.2. The number of hydrogen-bond acceptors (Lipinski definition) is 6. The lowest BCUT2D eigenvalue weighted by atomic mass is 9.92. The van der Waals surface area contributed by atoms with Crippen LogP contribution < -0.4 is 10.3 Å². The highest BCUT2D eigenvalue weighted by molar-refractivity contribution is 7.99. The van der Waals surface area contributed by atoms with Gasteiger partial charge in [-0.05, 0) is 31.2 Å². The quantitative estimate of drug-likeness (QED) is 0.657. The molecular weight excluding hydrogens is 378 g/mol. The molecule has 1 aromatic carbocycles. The van der Waals surface area contributed by atoms with Crippen molar-refractivity contribution in [1.82, 2.24) is 14.6 Å². The minimum Gasteiger partial charge on any atom is -0.478 e. The van der Waals surface area contributed by atoms with Crippen LogP contribution in [0.2, 0.25) is 0 Å². The second kappa shape index (κ2) is 7.71. The van der Waals surface area contributed by atoms with E-state index in [1.165, 1.54) is 29.5 Å². The molecule has 7 nitrogen and oxygen atoms in total. The number of rotatable bonds is 5. The van der Waals surface area contributed by atoms with E-state index in [-0.39, 0.29) is 16.9 Å². The third kappa shape index (κ3) is 3.91. The number of carbonyl (C=O) groups is 1. The van der Waals surface area contributed by atoms with Crippen molar-refractivity contribution in [1.29, 1.82) is 0 Å². The molecule has 0 amide bonds. The number of nitrogens with one attached hydrogen (secondary N) is 1. The number of esters is 1. The summed E-state index contributed by atoms with van der Waals surface area (Å²) in [5, 5.41) is 3.19. The van der Waals surface area contributed by atoms with Crippen LogP contribution in [0.25, 0.3) is 5.65 Å². The van der Waals surface area contributed by atoms with E-state index in [1.54, 1.807) is 12.1 Å². The largest absolute Gasteiger partial charge is 0.478 e. The zero-order chi connectivity index (χ0) is 20.5. The molecule has 8 heteroatoms. The number of aromatic nitrogens is 3. The Labute approximate surface area is 167 Å². The van der Waals surface area contributed by atoms with E-state index in [4.69, 9.17) is 9.47 Å². The number of aromatic amines is 1. The molecule has 0 fully saturated rings. The lowest BCUT2D eigenvalue weighted by molar-refractivity contribution is 0.0600. The second-order valence-electron chi connectivity index (χ2n) is 7.21. The van der Waals surface area contributed by atoms with Gasteiger partial charge in [-0.25, -0.2) is 4.79 Å². The van der Waals surface area contributed by atoms with Crippen molar-refractivity contribution in [3.05, 3.63) is 51.9 Å². The molecule has 0 unspecified atom stereocenters. The van der Waals surface area contributed by atoms with Gasteiger partial charge in [-0.1, -0.05) is 32.5 Å². The predicted molar refractivity (Wildman–Crippen MR) is 108 cm³/mol. The molecule has 0 atom stereocenters. The Bertz CT molecular complexity index is 1060. The van der Waals surface area contributed by atoms with E-state index in [1.807, 2.05) is 19.1 Å². The predicted octanol–water partition coefficient (Wildman–Crippen LogP) is 3.66. The maximum absolute atomic E-state index is 12.5. The Kier molecular flexibility index (Phi) is 5.51. The number of H-pyrrole nitrogens is 1. The first-order valence-electron chi connectivity index (χ1n) is 8.90. The van der Waals surface area contributed by atoms with Gasteiger partial charge in [-0.15, -0.1) is 0 Å². The summed E-state index contributed by atoms with van der Waals surface area (Å²) in [5.74, 6) is -0.0801. The van der Waals surface area contributed by atoms with E-state index < -0.39 is 0 Å². The summed E-state index contributed by atoms with van der Waals surface area (Å²) in [6, 6.07) is 8.49. The summed E-state index contributed by atoms with van der Waals surface area (Å²) < 4.78 is 11.6. The third-order valence-electron chi connectivity index (χ3n) is 4.09. The number of hydrogen-bond donors (Lipinski definition) is 1. The van der Waals surface area contributed by atoms with Crippen molar-refractivity contribution in [3.8, 4) is 5.88 Å². The topological polar surface area (TPSA) is 85.7 Å². The number of fused-ring (bicyclic) bond motifs is 1. The average molecular weight is 401 g/mol. The van der Waals surface area contributed by atoms with E-state index in [9.17, 15) is 9.59 Å². The van der Waals surface area contributed by atoms with E-state index in [0.29, 0.717) is 23.7 Å². The van der Waals surface area contributed by atoms with Gasteiger partial charge in [0.2, 0.25) is 5.88 Å². The maximum atomic E-state index is 12.5. The molecule has 28 heavy (non-hydrogen) atoms. The Morgan fingerprint density at radius 3 is 2.50 bits per heavy atom. The number of carbonyl (C=O) groups excluding carboxylic acids is 1. The molecular formula is C20H23N3O4S. The van der Waals surface area contributed by atoms with Crippen LogP contribution in [-0.4, -0.2) is 34.3 Å². The highest BCUT2D eigenvalue weighted by Gasteiger charge is 2.25. The smallest absolute Gasteiger partial charge is 0.337 e. The van der Waals surface area contributed by atoms with Gasteiger partial charge in [0.1, 0.15) is 0 Å². The van der Waals surface area contributed by atoms with E-state index in [0.717, 1.165) is 15.5 Å². The molecule has 0 radical (unpaired) electrons. The molecule has 1 N–H and O–H groups in total. The minimum absolute atomic E-state index is 0.230. The van der Waals surface area contributed by atoms with E-state index >= 15 is 0 Å². The summed E-state index contributed by atoms with van der Waals surface area (Å²) >= 11 is 1.48. The lowest BCUT2D eigenvalue weighted by Gasteiger charge is -2.18. The van der Waals surface area contributed by atoms with Gasteiger partial charge in [0.05, 0.1) is 35.9 Å². The molecule has 148 valence electrons. The Morgan fingerprint density at radius 1 is 1.25 bits per heavy atom. The van der Waals surface area contributed by atoms with Gasteiger partial charge in [-0.3, -0.25) is 9.89 Å². The van der Waals surface area contributed by atoms with Gasteiger partial charge in [0.15, 0.2) is 5.65 Å². The Balaban J connectivity index is 2.12. The normalized spacial score (nSPS) is 11.6. The number of nitrogens with zero attached hydrogens (tertiary/aromatic N) is 2. The SMILES string of the molecule is CCOc1cc(=O)n2[nH]c(C(C)(C)C)c(Sc3ccc(C(=O)OC)cc3)c2n1. The van der Waals surface area contributed by atoms with Crippen molar-refractivity contribution < 1.29 is 14.3 Å². The first kappa shape index (κ1) is 20.0. The van der Waals surface area contributed by atoms with Crippen molar-refractivity contribution in [2.75, 3.05) is 13.7 Å². The van der Waals surface area contributed by atoms with Crippen molar-refractivity contribution in [2.24, 2.45) is 0 Å². The summed E-state index contributed by atoms with van der Waals surface area (Å²) in [5.41, 5.74) is 1.43. The van der Waals surface area contributed by atoms with Crippen molar-refractivity contribution >= 4 is 23.4 Å². The molecule has 0 spiro atoms. The van der Waals surface area contributed by atoms with Crippen LogP contribution in [0.5, 0.6) is 5.88 Å². The Morgan fingerprint density at radius 2 is 1.93 bits per heavy atom. The van der Waals surface area contributed by atoms with Crippen LogP contribution >= 0.6 is 11.8 Å². The molecule has 0 saturated heterocycles. The summed E-state index contributed by atoms with van der Waals surface area (Å²) in [6.45, 7) is 8.47. The number of benzene rings is 1. The second-order valence-corrected chi connectivity index (χ2v) is 8.29. The lowest BCUT2D eigenvalue weighted by Crippen LogP contribution is -2.17. The van der Waals surface area contributed by atoms with Crippen LogP contribution in [0.15, 0.2) is 44.9 Å². The summed E-state index contributed by atoms with van der Waals surface area (Å²) in [4.78, 5) is 30.5. The number of methoxy groups -OCH3 is 1. The minimum atomic E-state index is -0.381. The van der Waals surface area contributed by atoms with Gasteiger partial charge in [-0.2, -0.15) is 9.50 Å². The first-order chi connectivity index (χ1) is 13.2. The fraction of sp³-hybridized carbons (Fsp3) is 0.350. The fourth-order valence-electron chi connectivity index (χ4n) is 2.72. The van der Waals surface area contributed by atoms with Crippen molar-refractivity contribution in [3.63, 3.8) is 0 Å². The summed E-state index contributed by atoms with van der Waals surface area (Å²) in [6.07, 6.45) is 0. The van der Waals surface area contributed by atoms with Crippen LogP contribution in [0.4, 0.5) is 0 Å². The van der Waals surface area contributed by atoms with Gasteiger partial charge < -0.3 is 9.47 Å². The first-order valence-corrected chi connectivity index (χ1v) is 9.71. The molecule has 0 aliphatic carbocycles. The Hall–Kier alpha value is -2.74. The highest BCUT2D eigenvalue weighted by Crippen LogP contribution is 2.38. The average Bonchev–Trinajstić information content (AvgIpc) is 3.01. The van der Waals surface area contributed by atoms with Crippen LogP contribution in [-0.2, 0) is 10.2 Å². The molecule has 0 aliphatic rings.